The summed E-state index contributed by atoms with van der Waals surface area (Å²) in [5.41, 5.74) is 0.797. The first-order valence-corrected chi connectivity index (χ1v) is 11.2. The van der Waals surface area contributed by atoms with Crippen molar-refractivity contribution in [3.63, 3.8) is 0 Å². The summed E-state index contributed by atoms with van der Waals surface area (Å²) in [6.07, 6.45) is 1.94. The first-order chi connectivity index (χ1) is 13.8. The number of aromatic nitrogens is 1. The number of likely N-dealkylation sites (N-methyl/N-ethyl adjacent to an activating group) is 1. The Balaban J connectivity index is 1.78. The van der Waals surface area contributed by atoms with E-state index in [2.05, 4.69) is 17.2 Å². The van der Waals surface area contributed by atoms with Crippen molar-refractivity contribution >= 4 is 15.9 Å². The summed E-state index contributed by atoms with van der Waals surface area (Å²) in [5, 5.41) is 12.4. The largest absolute Gasteiger partial charge is 0.419 e. The highest BCUT2D eigenvalue weighted by atomic mass is 32.2. The Labute approximate surface area is 172 Å². The number of hydrogen-bond acceptors (Lipinski definition) is 7. The minimum Gasteiger partial charge on any atom is -0.419 e. The van der Waals surface area contributed by atoms with Crippen LogP contribution < -0.4 is 5.32 Å². The molecule has 156 valence electrons. The van der Waals surface area contributed by atoms with E-state index in [0.717, 1.165) is 19.4 Å². The summed E-state index contributed by atoms with van der Waals surface area (Å²) in [5.74, 6) is 0.973. The third-order valence-corrected chi connectivity index (χ3v) is 6.82. The highest BCUT2D eigenvalue weighted by molar-refractivity contribution is 7.89. The van der Waals surface area contributed by atoms with Gasteiger partial charge in [-0.3, -0.25) is 0 Å². The van der Waals surface area contributed by atoms with Crippen molar-refractivity contribution in [2.24, 2.45) is 5.92 Å². The van der Waals surface area contributed by atoms with Crippen molar-refractivity contribution in [1.29, 1.82) is 5.26 Å². The van der Waals surface area contributed by atoms with E-state index < -0.39 is 10.0 Å². The van der Waals surface area contributed by atoms with E-state index in [4.69, 9.17) is 4.42 Å². The molecule has 0 spiro atoms. The van der Waals surface area contributed by atoms with Gasteiger partial charge in [-0.15, -0.1) is 0 Å². The highest BCUT2D eigenvalue weighted by Gasteiger charge is 2.28. The summed E-state index contributed by atoms with van der Waals surface area (Å²) in [7, 11) is 0.406. The number of anilines is 1. The topological polar surface area (TPSA) is 102 Å². The normalized spacial score (nSPS) is 18.0. The molecular weight excluding hydrogens is 390 g/mol. The average molecular weight is 418 g/mol. The molecule has 1 aromatic carbocycles. The number of benzene rings is 1. The number of nitrogens with one attached hydrogen (secondary N) is 1. The maximum atomic E-state index is 12.9. The fraction of sp³-hybridized carbons (Fsp3) is 0.500. The van der Waals surface area contributed by atoms with Crippen LogP contribution in [0.5, 0.6) is 0 Å². The lowest BCUT2D eigenvalue weighted by Crippen LogP contribution is -2.39. The number of nitrogens with zero attached hydrogens (tertiary/aromatic N) is 4. The van der Waals surface area contributed by atoms with Crippen LogP contribution in [0, 0.1) is 17.2 Å². The van der Waals surface area contributed by atoms with Gasteiger partial charge in [-0.2, -0.15) is 14.6 Å². The van der Waals surface area contributed by atoms with Gasteiger partial charge in [0.2, 0.25) is 27.5 Å². The van der Waals surface area contributed by atoms with Gasteiger partial charge in [0.25, 0.3) is 0 Å². The quantitative estimate of drug-likeness (QED) is 0.739. The smallest absolute Gasteiger partial charge is 0.243 e. The lowest BCUT2D eigenvalue weighted by Gasteiger charge is -2.30. The Morgan fingerprint density at radius 1 is 1.34 bits per heavy atom. The van der Waals surface area contributed by atoms with Crippen LogP contribution in [0.15, 0.2) is 33.6 Å². The summed E-state index contributed by atoms with van der Waals surface area (Å²) in [4.78, 5) is 6.49. The maximum absolute atomic E-state index is 12.9. The number of sulfonamides is 1. The Kier molecular flexibility index (Phi) is 6.57. The zero-order valence-electron chi connectivity index (χ0n) is 17.1. The molecular formula is C20H27N5O3S. The van der Waals surface area contributed by atoms with Gasteiger partial charge in [0.1, 0.15) is 6.07 Å². The van der Waals surface area contributed by atoms with Gasteiger partial charge in [0.15, 0.2) is 0 Å². The van der Waals surface area contributed by atoms with Crippen molar-refractivity contribution in [3.05, 3.63) is 30.0 Å². The number of nitriles is 1. The molecule has 0 saturated carbocycles. The zero-order valence-corrected chi connectivity index (χ0v) is 17.9. The van der Waals surface area contributed by atoms with Crippen molar-refractivity contribution in [2.75, 3.05) is 45.6 Å². The number of piperidine rings is 1. The van der Waals surface area contributed by atoms with Crippen molar-refractivity contribution < 1.29 is 12.8 Å². The summed E-state index contributed by atoms with van der Waals surface area (Å²) in [6, 6.07) is 8.49. The Morgan fingerprint density at radius 2 is 2.07 bits per heavy atom. The van der Waals surface area contributed by atoms with Crippen LogP contribution in [0.3, 0.4) is 0 Å². The van der Waals surface area contributed by atoms with Crippen LogP contribution in [0.2, 0.25) is 0 Å². The fourth-order valence-electron chi connectivity index (χ4n) is 3.32. The predicted octanol–water partition coefficient (Wildman–Crippen LogP) is 2.61. The van der Waals surface area contributed by atoms with E-state index >= 15 is 0 Å². The van der Waals surface area contributed by atoms with Crippen LogP contribution in [-0.2, 0) is 10.0 Å². The van der Waals surface area contributed by atoms with Gasteiger partial charge in [0.05, 0.1) is 4.90 Å². The van der Waals surface area contributed by atoms with E-state index in [-0.39, 0.29) is 16.5 Å². The Bertz CT molecular complexity index is 977. The molecule has 1 aliphatic heterocycles. The molecule has 0 bridgehead atoms. The summed E-state index contributed by atoms with van der Waals surface area (Å²) in [6.45, 7) is 4.58. The van der Waals surface area contributed by atoms with Crippen LogP contribution in [0.4, 0.5) is 5.88 Å². The number of hydrogen-bond donors (Lipinski definition) is 1. The van der Waals surface area contributed by atoms with E-state index in [1.807, 2.05) is 25.1 Å². The van der Waals surface area contributed by atoms with Gasteiger partial charge >= 0.3 is 0 Å². The molecule has 1 saturated heterocycles. The molecule has 0 amide bonds. The van der Waals surface area contributed by atoms with E-state index in [1.165, 1.54) is 0 Å². The molecule has 2 heterocycles. The summed E-state index contributed by atoms with van der Waals surface area (Å²) >= 11 is 0. The van der Waals surface area contributed by atoms with Gasteiger partial charge in [-0.05, 0) is 57.1 Å². The molecule has 1 aliphatic rings. The third kappa shape index (κ3) is 4.96. The molecule has 8 nitrogen and oxygen atoms in total. The molecule has 1 atom stereocenters. The Hall–Kier alpha value is -2.41. The van der Waals surface area contributed by atoms with E-state index in [1.54, 1.807) is 28.6 Å². The molecule has 1 fully saturated rings. The second-order valence-corrected chi connectivity index (χ2v) is 9.61. The second kappa shape index (κ2) is 8.95. The first kappa shape index (κ1) is 21.3. The third-order valence-electron chi connectivity index (χ3n) is 4.94. The minimum absolute atomic E-state index is 0.178. The fourth-order valence-corrected chi connectivity index (χ4v) is 4.91. The molecule has 9 heteroatoms. The minimum atomic E-state index is -3.51. The van der Waals surface area contributed by atoms with Crippen molar-refractivity contribution in [3.8, 4) is 17.5 Å². The van der Waals surface area contributed by atoms with Crippen LogP contribution in [0.1, 0.15) is 25.5 Å². The number of rotatable bonds is 7. The second-order valence-electron chi connectivity index (χ2n) is 7.67. The van der Waals surface area contributed by atoms with Gasteiger partial charge < -0.3 is 14.6 Å². The van der Waals surface area contributed by atoms with Gasteiger partial charge in [-0.25, -0.2) is 8.42 Å². The molecule has 1 N–H and O–H groups in total. The number of oxazole rings is 1. The monoisotopic (exact) mass is 417 g/mol. The first-order valence-electron chi connectivity index (χ1n) is 9.71. The molecule has 0 radical (unpaired) electrons. The average Bonchev–Trinajstić information content (AvgIpc) is 3.11. The van der Waals surface area contributed by atoms with E-state index in [0.29, 0.717) is 37.0 Å². The van der Waals surface area contributed by atoms with Crippen molar-refractivity contribution in [1.82, 2.24) is 14.2 Å². The standard InChI is InChI=1S/C20H27N5O3S/c1-15-5-4-11-25(14-15)29(26,27)17-8-6-16(7-9-17)19-23-18(13-21)20(28-19)22-10-12-24(2)3/h6-9,15,22H,4-5,10-12,14H2,1-3H3/t15-/m1/s1. The van der Waals surface area contributed by atoms with Gasteiger partial charge in [0, 0.05) is 31.7 Å². The highest BCUT2D eigenvalue weighted by Crippen LogP contribution is 2.28. The van der Waals surface area contributed by atoms with Crippen LogP contribution >= 0.6 is 0 Å². The predicted molar refractivity (Wildman–Crippen MR) is 111 cm³/mol. The molecule has 0 aliphatic carbocycles. The lowest BCUT2D eigenvalue weighted by atomic mass is 10.0. The molecule has 2 aromatic rings. The molecule has 0 unspecified atom stereocenters. The lowest BCUT2D eigenvalue weighted by molar-refractivity contribution is 0.281. The Morgan fingerprint density at radius 3 is 2.69 bits per heavy atom. The summed E-state index contributed by atoms with van der Waals surface area (Å²) < 4.78 is 33.0. The van der Waals surface area contributed by atoms with Crippen LogP contribution in [0.25, 0.3) is 11.5 Å². The molecule has 3 rings (SSSR count). The van der Waals surface area contributed by atoms with Crippen LogP contribution in [-0.4, -0.2) is 62.9 Å². The molecule has 29 heavy (non-hydrogen) atoms. The van der Waals surface area contributed by atoms with Gasteiger partial charge in [-0.1, -0.05) is 6.92 Å². The maximum Gasteiger partial charge on any atom is 0.243 e. The van der Waals surface area contributed by atoms with E-state index in [9.17, 15) is 13.7 Å². The molecule has 1 aromatic heterocycles. The SMILES string of the molecule is C[C@@H]1CCCN(S(=O)(=O)c2ccc(-c3nc(C#N)c(NCCN(C)C)o3)cc2)C1. The van der Waals surface area contributed by atoms with Crippen molar-refractivity contribution in [2.45, 2.75) is 24.7 Å². The zero-order chi connectivity index (χ0) is 21.0.